The Morgan fingerprint density at radius 2 is 2.12 bits per heavy atom. The maximum Gasteiger partial charge on any atom is 0.310 e. The zero-order valence-electron chi connectivity index (χ0n) is 10.3. The predicted molar refractivity (Wildman–Crippen MR) is 63.5 cm³/mol. The van der Waals surface area contributed by atoms with Crippen LogP contribution in [0, 0.1) is 6.92 Å². The van der Waals surface area contributed by atoms with Gasteiger partial charge in [0.15, 0.2) is 6.29 Å². The Morgan fingerprint density at radius 1 is 1.41 bits per heavy atom. The summed E-state index contributed by atoms with van der Waals surface area (Å²) >= 11 is 0. The summed E-state index contributed by atoms with van der Waals surface area (Å²) in [5, 5.41) is 0. The van der Waals surface area contributed by atoms with Crippen LogP contribution in [0.4, 0.5) is 0 Å². The highest BCUT2D eigenvalue weighted by Gasteiger charge is 2.13. The minimum absolute atomic E-state index is 0.0833. The van der Waals surface area contributed by atoms with Crippen LogP contribution in [0.3, 0.4) is 0 Å². The number of aldehydes is 1. The molecule has 0 heterocycles. The SMILES string of the molecule is CCOC(=O)Cc1cc(C)cc(OC)c1C=O. The van der Waals surface area contributed by atoms with Crippen LogP contribution in [0.15, 0.2) is 12.1 Å². The molecule has 4 heteroatoms. The molecule has 0 fully saturated rings. The molecule has 0 unspecified atom stereocenters. The first-order chi connectivity index (χ1) is 8.12. The van der Waals surface area contributed by atoms with Crippen LogP contribution < -0.4 is 4.74 Å². The van der Waals surface area contributed by atoms with Gasteiger partial charge in [0, 0.05) is 0 Å². The molecule has 4 nitrogen and oxygen atoms in total. The lowest BCUT2D eigenvalue weighted by atomic mass is 10.0. The van der Waals surface area contributed by atoms with E-state index in [1.807, 2.05) is 6.92 Å². The second kappa shape index (κ2) is 6.03. The van der Waals surface area contributed by atoms with Crippen molar-refractivity contribution in [3.63, 3.8) is 0 Å². The van der Waals surface area contributed by atoms with E-state index < -0.39 is 0 Å². The van der Waals surface area contributed by atoms with E-state index in [-0.39, 0.29) is 12.4 Å². The molecule has 1 rings (SSSR count). The van der Waals surface area contributed by atoms with Crippen molar-refractivity contribution < 1.29 is 19.1 Å². The number of carbonyl (C=O) groups excluding carboxylic acids is 2. The van der Waals surface area contributed by atoms with Gasteiger partial charge in [0.1, 0.15) is 5.75 Å². The first kappa shape index (κ1) is 13.2. The third-order valence-electron chi connectivity index (χ3n) is 2.35. The van der Waals surface area contributed by atoms with E-state index in [0.29, 0.717) is 29.8 Å². The molecule has 0 aliphatic heterocycles. The van der Waals surface area contributed by atoms with Crippen molar-refractivity contribution in [3.05, 3.63) is 28.8 Å². The van der Waals surface area contributed by atoms with E-state index in [4.69, 9.17) is 9.47 Å². The van der Waals surface area contributed by atoms with Gasteiger partial charge < -0.3 is 9.47 Å². The van der Waals surface area contributed by atoms with Gasteiger partial charge in [-0.3, -0.25) is 9.59 Å². The molecule has 0 aromatic heterocycles. The fourth-order valence-electron chi connectivity index (χ4n) is 1.65. The van der Waals surface area contributed by atoms with Crippen LogP contribution in [-0.2, 0) is 16.0 Å². The van der Waals surface area contributed by atoms with Crippen molar-refractivity contribution in [1.82, 2.24) is 0 Å². The fraction of sp³-hybridized carbons (Fsp3) is 0.385. The van der Waals surface area contributed by atoms with E-state index in [9.17, 15) is 9.59 Å². The van der Waals surface area contributed by atoms with Crippen LogP contribution in [0.2, 0.25) is 0 Å². The third-order valence-corrected chi connectivity index (χ3v) is 2.35. The average Bonchev–Trinajstić information content (AvgIpc) is 2.28. The van der Waals surface area contributed by atoms with Crippen LogP contribution in [0.1, 0.15) is 28.4 Å². The summed E-state index contributed by atoms with van der Waals surface area (Å²) in [4.78, 5) is 22.4. The number of benzene rings is 1. The van der Waals surface area contributed by atoms with E-state index >= 15 is 0 Å². The van der Waals surface area contributed by atoms with Crippen molar-refractivity contribution >= 4 is 12.3 Å². The highest BCUT2D eigenvalue weighted by atomic mass is 16.5. The summed E-state index contributed by atoms with van der Waals surface area (Å²) in [6, 6.07) is 3.56. The standard InChI is InChI=1S/C13H16O4/c1-4-17-13(15)7-10-5-9(2)6-12(16-3)11(10)8-14/h5-6,8H,4,7H2,1-3H3. The quantitative estimate of drug-likeness (QED) is 0.579. The predicted octanol–water partition coefficient (Wildman–Crippen LogP) is 1.92. The number of esters is 1. The number of rotatable bonds is 5. The molecular formula is C13H16O4. The third kappa shape index (κ3) is 3.31. The van der Waals surface area contributed by atoms with Gasteiger partial charge in [0.05, 0.1) is 25.7 Å². The smallest absolute Gasteiger partial charge is 0.310 e. The highest BCUT2D eigenvalue weighted by Crippen LogP contribution is 2.23. The fourth-order valence-corrected chi connectivity index (χ4v) is 1.65. The summed E-state index contributed by atoms with van der Waals surface area (Å²) in [6.45, 7) is 3.96. The second-order valence-corrected chi connectivity index (χ2v) is 3.64. The Morgan fingerprint density at radius 3 is 2.65 bits per heavy atom. The van der Waals surface area contributed by atoms with E-state index in [0.717, 1.165) is 5.56 Å². The van der Waals surface area contributed by atoms with Gasteiger partial charge in [-0.15, -0.1) is 0 Å². The van der Waals surface area contributed by atoms with Crippen molar-refractivity contribution in [2.24, 2.45) is 0 Å². The van der Waals surface area contributed by atoms with Gasteiger partial charge in [0.2, 0.25) is 0 Å². The largest absolute Gasteiger partial charge is 0.496 e. The minimum Gasteiger partial charge on any atom is -0.496 e. The molecule has 0 saturated heterocycles. The average molecular weight is 236 g/mol. The molecule has 0 bridgehead atoms. The van der Waals surface area contributed by atoms with E-state index in [1.54, 1.807) is 19.1 Å². The van der Waals surface area contributed by atoms with Crippen LogP contribution in [-0.4, -0.2) is 26.0 Å². The lowest BCUT2D eigenvalue weighted by molar-refractivity contribution is -0.142. The van der Waals surface area contributed by atoms with E-state index in [1.165, 1.54) is 7.11 Å². The molecule has 0 N–H and O–H groups in total. The number of ether oxygens (including phenoxy) is 2. The van der Waals surface area contributed by atoms with Crippen molar-refractivity contribution in [3.8, 4) is 5.75 Å². The molecular weight excluding hydrogens is 220 g/mol. The Labute approximate surface area is 101 Å². The van der Waals surface area contributed by atoms with Crippen LogP contribution >= 0.6 is 0 Å². The first-order valence-electron chi connectivity index (χ1n) is 5.40. The maximum absolute atomic E-state index is 11.4. The van der Waals surface area contributed by atoms with E-state index in [2.05, 4.69) is 0 Å². The van der Waals surface area contributed by atoms with Gasteiger partial charge in [-0.2, -0.15) is 0 Å². The molecule has 0 amide bonds. The molecule has 92 valence electrons. The molecule has 0 aliphatic rings. The van der Waals surface area contributed by atoms with Crippen LogP contribution in [0.25, 0.3) is 0 Å². The summed E-state index contributed by atoms with van der Waals surface area (Å²) in [5.74, 6) is 0.141. The lowest BCUT2D eigenvalue weighted by Crippen LogP contribution is -2.10. The maximum atomic E-state index is 11.4. The van der Waals surface area contributed by atoms with Crippen molar-refractivity contribution in [2.45, 2.75) is 20.3 Å². The summed E-state index contributed by atoms with van der Waals surface area (Å²) in [5.41, 5.74) is 1.98. The number of carbonyl (C=O) groups is 2. The van der Waals surface area contributed by atoms with Crippen LogP contribution in [0.5, 0.6) is 5.75 Å². The zero-order valence-corrected chi connectivity index (χ0v) is 10.3. The van der Waals surface area contributed by atoms with Crippen molar-refractivity contribution in [2.75, 3.05) is 13.7 Å². The summed E-state index contributed by atoms with van der Waals surface area (Å²) in [7, 11) is 1.50. The second-order valence-electron chi connectivity index (χ2n) is 3.64. The highest BCUT2D eigenvalue weighted by molar-refractivity contribution is 5.85. The first-order valence-corrected chi connectivity index (χ1v) is 5.40. The molecule has 0 radical (unpaired) electrons. The van der Waals surface area contributed by atoms with Gasteiger partial charge in [-0.25, -0.2) is 0 Å². The number of methoxy groups -OCH3 is 1. The lowest BCUT2D eigenvalue weighted by Gasteiger charge is -2.10. The van der Waals surface area contributed by atoms with Gasteiger partial charge >= 0.3 is 5.97 Å². The normalized spacial score (nSPS) is 9.82. The Hall–Kier alpha value is -1.84. The molecule has 0 saturated carbocycles. The Bertz CT molecular complexity index is 424. The molecule has 1 aromatic rings. The van der Waals surface area contributed by atoms with Gasteiger partial charge in [0.25, 0.3) is 0 Å². The van der Waals surface area contributed by atoms with Gasteiger partial charge in [-0.1, -0.05) is 6.07 Å². The van der Waals surface area contributed by atoms with Gasteiger partial charge in [-0.05, 0) is 31.0 Å². The topological polar surface area (TPSA) is 52.6 Å². The Balaban J connectivity index is 3.08. The Kier molecular flexibility index (Phi) is 4.69. The van der Waals surface area contributed by atoms with Crippen molar-refractivity contribution in [1.29, 1.82) is 0 Å². The number of hydrogen-bond donors (Lipinski definition) is 0. The monoisotopic (exact) mass is 236 g/mol. The zero-order chi connectivity index (χ0) is 12.8. The summed E-state index contributed by atoms with van der Waals surface area (Å²) < 4.78 is 9.98. The molecule has 1 aromatic carbocycles. The molecule has 17 heavy (non-hydrogen) atoms. The summed E-state index contributed by atoms with van der Waals surface area (Å²) in [6.07, 6.45) is 0.785. The minimum atomic E-state index is -0.344. The molecule has 0 spiro atoms. The number of aryl methyl sites for hydroxylation is 1. The molecule has 0 atom stereocenters. The molecule has 0 aliphatic carbocycles. The number of hydrogen-bond acceptors (Lipinski definition) is 4.